The maximum absolute atomic E-state index is 8.97. The van der Waals surface area contributed by atoms with Crippen LogP contribution in [0.2, 0.25) is 0 Å². The molecule has 4 rings (SSSR count). The predicted octanol–water partition coefficient (Wildman–Crippen LogP) is 3.76. The lowest BCUT2D eigenvalue weighted by Gasteiger charge is -2.29. The number of hydrogen-bond donors (Lipinski definition) is 0. The summed E-state index contributed by atoms with van der Waals surface area (Å²) in [6, 6.07) is 2.26. The number of nitriles is 1. The Morgan fingerprint density at radius 3 is 2.85 bits per heavy atom. The number of rotatable bonds is 5. The Labute approximate surface area is 159 Å². The van der Waals surface area contributed by atoms with Crippen LogP contribution in [0, 0.1) is 17.2 Å². The fourth-order valence-electron chi connectivity index (χ4n) is 4.11. The molecule has 0 atom stereocenters. The molecule has 0 unspecified atom stereocenters. The number of aryl methyl sites for hydroxylation is 2. The number of aromatic nitrogens is 2. The van der Waals surface area contributed by atoms with Gasteiger partial charge in [0.25, 0.3) is 0 Å². The number of likely N-dealkylation sites (tertiary alicyclic amines) is 1. The van der Waals surface area contributed by atoms with Crippen LogP contribution >= 0.6 is 11.3 Å². The zero-order chi connectivity index (χ0) is 18.1. The van der Waals surface area contributed by atoms with E-state index >= 15 is 0 Å². The molecule has 1 fully saturated rings. The second-order valence-electron chi connectivity index (χ2n) is 7.79. The van der Waals surface area contributed by atoms with Crippen molar-refractivity contribution in [1.82, 2.24) is 14.9 Å². The van der Waals surface area contributed by atoms with Crippen LogP contribution in [0.5, 0.6) is 0 Å². The van der Waals surface area contributed by atoms with Crippen LogP contribution < -0.4 is 4.90 Å². The Balaban J connectivity index is 1.67. The van der Waals surface area contributed by atoms with Crippen molar-refractivity contribution in [2.75, 3.05) is 31.6 Å². The van der Waals surface area contributed by atoms with Crippen molar-refractivity contribution in [2.45, 2.75) is 52.0 Å². The maximum Gasteiger partial charge on any atom is 0.146 e. The van der Waals surface area contributed by atoms with Gasteiger partial charge in [-0.3, -0.25) is 4.90 Å². The molecule has 0 bridgehead atoms. The van der Waals surface area contributed by atoms with Gasteiger partial charge < -0.3 is 4.90 Å². The fourth-order valence-corrected chi connectivity index (χ4v) is 5.38. The van der Waals surface area contributed by atoms with Crippen molar-refractivity contribution in [3.05, 3.63) is 16.3 Å². The second-order valence-corrected chi connectivity index (χ2v) is 8.87. The van der Waals surface area contributed by atoms with Crippen molar-refractivity contribution in [1.29, 1.82) is 5.26 Å². The molecule has 5 nitrogen and oxygen atoms in total. The van der Waals surface area contributed by atoms with Crippen LogP contribution in [0.3, 0.4) is 0 Å². The molecule has 0 amide bonds. The summed E-state index contributed by atoms with van der Waals surface area (Å²) in [7, 11) is 2.06. The lowest BCUT2D eigenvalue weighted by molar-refractivity contribution is 0.181. The minimum Gasteiger partial charge on any atom is -0.358 e. The molecule has 2 aliphatic rings. The largest absolute Gasteiger partial charge is 0.358 e. The quantitative estimate of drug-likeness (QED) is 0.803. The normalized spacial score (nSPS) is 18.2. The molecule has 2 aromatic heterocycles. The summed E-state index contributed by atoms with van der Waals surface area (Å²) >= 11 is 1.86. The molecule has 0 spiro atoms. The topological polar surface area (TPSA) is 56.1 Å². The van der Waals surface area contributed by atoms with E-state index in [1.165, 1.54) is 41.5 Å². The number of thiophene rings is 1. The van der Waals surface area contributed by atoms with Gasteiger partial charge in [0, 0.05) is 18.5 Å². The van der Waals surface area contributed by atoms with Crippen LogP contribution in [0.1, 0.15) is 48.9 Å². The van der Waals surface area contributed by atoms with Gasteiger partial charge in [-0.05, 0) is 56.7 Å². The summed E-state index contributed by atoms with van der Waals surface area (Å²) in [5, 5.41) is 10.2. The average molecular weight is 370 g/mol. The standard InChI is InChI=1S/C20H27N5S/c1-14-7-11-25(12-8-14)13-17-22-19(24(2)10-4-9-21)18-15-5-3-6-16(15)26-20(18)23-17/h14H,3-8,10-13H2,1-2H3. The van der Waals surface area contributed by atoms with E-state index in [2.05, 4.69) is 29.8 Å². The van der Waals surface area contributed by atoms with Gasteiger partial charge in [0.15, 0.2) is 0 Å². The highest BCUT2D eigenvalue weighted by atomic mass is 32.1. The van der Waals surface area contributed by atoms with E-state index in [0.29, 0.717) is 13.0 Å². The van der Waals surface area contributed by atoms with Gasteiger partial charge in [-0.25, -0.2) is 9.97 Å². The smallest absolute Gasteiger partial charge is 0.146 e. The van der Waals surface area contributed by atoms with Gasteiger partial charge in [-0.1, -0.05) is 6.92 Å². The molecular weight excluding hydrogens is 342 g/mol. The summed E-state index contributed by atoms with van der Waals surface area (Å²) in [4.78, 5) is 17.2. The van der Waals surface area contributed by atoms with E-state index < -0.39 is 0 Å². The maximum atomic E-state index is 8.97. The summed E-state index contributed by atoms with van der Waals surface area (Å²) in [6.07, 6.45) is 6.62. The van der Waals surface area contributed by atoms with Gasteiger partial charge in [0.1, 0.15) is 16.5 Å². The van der Waals surface area contributed by atoms with Crippen molar-refractivity contribution >= 4 is 27.4 Å². The molecular formula is C20H27N5S. The summed E-state index contributed by atoms with van der Waals surface area (Å²) in [5.74, 6) is 2.80. The van der Waals surface area contributed by atoms with Crippen LogP contribution in [0.15, 0.2) is 0 Å². The van der Waals surface area contributed by atoms with Crippen molar-refractivity contribution in [3.8, 4) is 6.07 Å². The monoisotopic (exact) mass is 369 g/mol. The van der Waals surface area contributed by atoms with Crippen LogP contribution in [0.25, 0.3) is 10.2 Å². The zero-order valence-electron chi connectivity index (χ0n) is 15.8. The third-order valence-electron chi connectivity index (χ3n) is 5.75. The second kappa shape index (κ2) is 7.50. The number of nitrogens with zero attached hydrogens (tertiary/aromatic N) is 5. The minimum absolute atomic E-state index is 0.521. The first-order chi connectivity index (χ1) is 12.7. The zero-order valence-corrected chi connectivity index (χ0v) is 16.6. The molecule has 138 valence electrons. The third-order valence-corrected chi connectivity index (χ3v) is 6.94. The van der Waals surface area contributed by atoms with Gasteiger partial charge in [0.05, 0.1) is 24.4 Å². The minimum atomic E-state index is 0.521. The number of anilines is 1. The van der Waals surface area contributed by atoms with E-state index in [4.69, 9.17) is 15.2 Å². The molecule has 1 aliphatic carbocycles. The molecule has 2 aromatic rings. The Hall–Kier alpha value is -1.71. The highest BCUT2D eigenvalue weighted by molar-refractivity contribution is 7.19. The molecule has 1 saturated heterocycles. The Morgan fingerprint density at radius 2 is 2.08 bits per heavy atom. The molecule has 3 heterocycles. The number of piperidine rings is 1. The first-order valence-corrected chi connectivity index (χ1v) is 10.6. The van der Waals surface area contributed by atoms with E-state index in [1.807, 2.05) is 11.3 Å². The Morgan fingerprint density at radius 1 is 1.27 bits per heavy atom. The van der Waals surface area contributed by atoms with Gasteiger partial charge in [0.2, 0.25) is 0 Å². The molecule has 0 radical (unpaired) electrons. The van der Waals surface area contributed by atoms with Gasteiger partial charge in [-0.2, -0.15) is 5.26 Å². The third kappa shape index (κ3) is 3.43. The molecule has 0 saturated carbocycles. The number of hydrogen-bond acceptors (Lipinski definition) is 6. The highest BCUT2D eigenvalue weighted by Gasteiger charge is 2.25. The Bertz CT molecular complexity index is 829. The molecule has 6 heteroatoms. The average Bonchev–Trinajstić information content (AvgIpc) is 3.21. The van der Waals surface area contributed by atoms with Crippen molar-refractivity contribution in [3.63, 3.8) is 0 Å². The molecule has 26 heavy (non-hydrogen) atoms. The SMILES string of the molecule is CC1CCN(Cc2nc(N(C)CCC#N)c3c4c(sc3n2)CCC4)CC1. The number of fused-ring (bicyclic) bond motifs is 3. The van der Waals surface area contributed by atoms with E-state index in [1.54, 1.807) is 0 Å². The van der Waals surface area contributed by atoms with E-state index in [9.17, 15) is 0 Å². The van der Waals surface area contributed by atoms with Crippen LogP contribution in [-0.2, 0) is 19.4 Å². The summed E-state index contributed by atoms with van der Waals surface area (Å²) in [6.45, 7) is 6.18. The fraction of sp³-hybridized carbons (Fsp3) is 0.650. The van der Waals surface area contributed by atoms with Gasteiger partial charge in [-0.15, -0.1) is 11.3 Å². The first-order valence-electron chi connectivity index (χ1n) is 9.77. The predicted molar refractivity (Wildman–Crippen MR) is 107 cm³/mol. The van der Waals surface area contributed by atoms with Crippen LogP contribution in [-0.4, -0.2) is 41.5 Å². The van der Waals surface area contributed by atoms with Crippen molar-refractivity contribution < 1.29 is 0 Å². The Kier molecular flexibility index (Phi) is 5.10. The lowest BCUT2D eigenvalue weighted by atomic mass is 9.99. The van der Waals surface area contributed by atoms with E-state index in [-0.39, 0.29) is 0 Å². The van der Waals surface area contributed by atoms with Crippen LogP contribution in [0.4, 0.5) is 5.82 Å². The first kappa shape index (κ1) is 17.7. The molecule has 0 aromatic carbocycles. The summed E-state index contributed by atoms with van der Waals surface area (Å²) in [5.41, 5.74) is 1.46. The van der Waals surface area contributed by atoms with E-state index in [0.717, 1.165) is 48.4 Å². The van der Waals surface area contributed by atoms with Crippen molar-refractivity contribution in [2.24, 2.45) is 5.92 Å². The van der Waals surface area contributed by atoms with Gasteiger partial charge >= 0.3 is 0 Å². The summed E-state index contributed by atoms with van der Waals surface area (Å²) < 4.78 is 0. The molecule has 0 N–H and O–H groups in total. The lowest BCUT2D eigenvalue weighted by Crippen LogP contribution is -2.33. The highest BCUT2D eigenvalue weighted by Crippen LogP contribution is 2.40. The molecule has 1 aliphatic heterocycles.